The number of nitrogens with one attached hydrogen (secondary N) is 1. The molecule has 0 radical (unpaired) electrons. The van der Waals surface area contributed by atoms with E-state index < -0.39 is 52.8 Å². The summed E-state index contributed by atoms with van der Waals surface area (Å²) in [5.41, 5.74) is 0.979. The Bertz CT molecular complexity index is 756. The summed E-state index contributed by atoms with van der Waals surface area (Å²) in [5, 5.41) is 2.08. The lowest BCUT2D eigenvalue weighted by Gasteiger charge is -2.28. The minimum atomic E-state index is -5.12. The molecule has 0 aromatic heterocycles. The molecule has 0 saturated heterocycles. The molecule has 1 aromatic rings. The maximum Gasteiger partial charge on any atom is 0.416 e. The Balaban J connectivity index is 2.35. The first kappa shape index (κ1) is 21.7. The zero-order valence-corrected chi connectivity index (χ0v) is 14.3. The van der Waals surface area contributed by atoms with E-state index in [0.29, 0.717) is 19.3 Å². The predicted molar refractivity (Wildman–Crippen MR) is 83.9 cm³/mol. The van der Waals surface area contributed by atoms with Gasteiger partial charge in [0.1, 0.15) is 11.8 Å². The fourth-order valence-electron chi connectivity index (χ4n) is 3.07. The number of amides is 2. The van der Waals surface area contributed by atoms with Crippen LogP contribution < -0.4 is 11.1 Å². The summed E-state index contributed by atoms with van der Waals surface area (Å²) in [5.74, 6) is -3.19. The topological polar surface area (TPSA) is 89.3 Å². The zero-order valence-electron chi connectivity index (χ0n) is 14.3. The fraction of sp³-hybridized carbons (Fsp3) is 0.471. The molecule has 5 nitrogen and oxygen atoms in total. The first-order chi connectivity index (χ1) is 12.8. The SMILES string of the molecule is NC(=O)[C@H](NC(=O)c1cc(C(F)(F)F)cc(C(F)(F)F)c1)[C@H]1CCCC(=O)C1. The van der Waals surface area contributed by atoms with Crippen molar-refractivity contribution in [3.63, 3.8) is 0 Å². The zero-order chi connectivity index (χ0) is 21.3. The van der Waals surface area contributed by atoms with Crippen molar-refractivity contribution in [1.29, 1.82) is 0 Å². The van der Waals surface area contributed by atoms with Gasteiger partial charge >= 0.3 is 12.4 Å². The summed E-state index contributed by atoms with van der Waals surface area (Å²) in [6.45, 7) is 0. The third kappa shape index (κ3) is 5.23. The Kier molecular flexibility index (Phi) is 6.05. The van der Waals surface area contributed by atoms with Gasteiger partial charge in [0.25, 0.3) is 5.91 Å². The Labute approximate surface area is 155 Å². The number of hydrogen-bond donors (Lipinski definition) is 2. The van der Waals surface area contributed by atoms with Gasteiger partial charge in [-0.2, -0.15) is 26.3 Å². The predicted octanol–water partition coefficient (Wildman–Crippen LogP) is 3.07. The highest BCUT2D eigenvalue weighted by atomic mass is 19.4. The molecule has 1 fully saturated rings. The largest absolute Gasteiger partial charge is 0.416 e. The van der Waals surface area contributed by atoms with Crippen molar-refractivity contribution >= 4 is 17.6 Å². The normalized spacial score (nSPS) is 19.2. The molecular weight excluding hydrogens is 394 g/mol. The van der Waals surface area contributed by atoms with Crippen molar-refractivity contribution in [2.45, 2.75) is 44.1 Å². The van der Waals surface area contributed by atoms with Crippen LogP contribution in [-0.4, -0.2) is 23.6 Å². The van der Waals surface area contributed by atoms with Crippen LogP contribution in [0.25, 0.3) is 0 Å². The third-order valence-electron chi connectivity index (χ3n) is 4.43. The van der Waals surface area contributed by atoms with Crippen LogP contribution in [-0.2, 0) is 21.9 Å². The Hall–Kier alpha value is -2.59. The molecular formula is C17H16F6N2O3. The van der Waals surface area contributed by atoms with Crippen LogP contribution >= 0.6 is 0 Å². The van der Waals surface area contributed by atoms with Gasteiger partial charge in [0.05, 0.1) is 11.1 Å². The molecule has 2 rings (SSSR count). The van der Waals surface area contributed by atoms with Crippen LogP contribution in [0.3, 0.4) is 0 Å². The van der Waals surface area contributed by atoms with E-state index in [4.69, 9.17) is 5.73 Å². The molecule has 0 aliphatic heterocycles. The fourth-order valence-corrected chi connectivity index (χ4v) is 3.07. The average molecular weight is 410 g/mol. The maximum atomic E-state index is 12.9. The monoisotopic (exact) mass is 410 g/mol. The standard InChI is InChI=1S/C17H16F6N2O3/c18-16(19,20)10-4-9(5-11(7-10)17(21,22)23)15(28)25-13(14(24)27)8-2-1-3-12(26)6-8/h4-5,7-8,13H,1-3,6H2,(H2,24,27)(H,25,28)/t8-,13+/m0/s1. The molecule has 0 heterocycles. The van der Waals surface area contributed by atoms with Crippen molar-refractivity contribution in [3.8, 4) is 0 Å². The maximum absolute atomic E-state index is 12.9. The number of carbonyl (C=O) groups is 3. The summed E-state index contributed by atoms with van der Waals surface area (Å²) < 4.78 is 77.5. The van der Waals surface area contributed by atoms with Gasteiger partial charge in [-0.25, -0.2) is 0 Å². The van der Waals surface area contributed by atoms with Gasteiger partial charge in [-0.15, -0.1) is 0 Å². The summed E-state index contributed by atoms with van der Waals surface area (Å²) in [6.07, 6.45) is -9.21. The van der Waals surface area contributed by atoms with Crippen LogP contribution in [0.15, 0.2) is 18.2 Å². The highest BCUT2D eigenvalue weighted by molar-refractivity contribution is 5.98. The van der Waals surface area contributed by atoms with Crippen molar-refractivity contribution < 1.29 is 40.7 Å². The van der Waals surface area contributed by atoms with Gasteiger partial charge < -0.3 is 11.1 Å². The molecule has 0 spiro atoms. The van der Waals surface area contributed by atoms with Gasteiger partial charge in [0.2, 0.25) is 5.91 Å². The van der Waals surface area contributed by atoms with Crippen molar-refractivity contribution in [3.05, 3.63) is 34.9 Å². The highest BCUT2D eigenvalue weighted by Gasteiger charge is 2.38. The number of Topliss-reactive ketones (excluding diaryl/α,β-unsaturated/α-hetero) is 1. The minimum absolute atomic E-state index is 0.0652. The number of carbonyl (C=O) groups excluding carboxylic acids is 3. The molecule has 1 aliphatic rings. The smallest absolute Gasteiger partial charge is 0.368 e. The summed E-state index contributed by atoms with van der Waals surface area (Å²) >= 11 is 0. The first-order valence-corrected chi connectivity index (χ1v) is 8.20. The lowest BCUT2D eigenvalue weighted by Crippen LogP contribution is -2.50. The molecule has 28 heavy (non-hydrogen) atoms. The molecule has 2 amide bonds. The molecule has 1 saturated carbocycles. The molecule has 0 bridgehead atoms. The van der Waals surface area contributed by atoms with Crippen molar-refractivity contribution in [1.82, 2.24) is 5.32 Å². The van der Waals surface area contributed by atoms with E-state index in [9.17, 15) is 40.7 Å². The lowest BCUT2D eigenvalue weighted by molar-refractivity contribution is -0.143. The minimum Gasteiger partial charge on any atom is -0.368 e. The van der Waals surface area contributed by atoms with Crippen molar-refractivity contribution in [2.24, 2.45) is 11.7 Å². The highest BCUT2D eigenvalue weighted by Crippen LogP contribution is 2.36. The van der Waals surface area contributed by atoms with Crippen LogP contribution in [0.5, 0.6) is 0 Å². The van der Waals surface area contributed by atoms with Gasteiger partial charge in [0.15, 0.2) is 0 Å². The molecule has 1 aromatic carbocycles. The number of hydrogen-bond acceptors (Lipinski definition) is 3. The van der Waals surface area contributed by atoms with Gasteiger partial charge in [-0.1, -0.05) is 0 Å². The number of primary amides is 1. The number of nitrogens with two attached hydrogens (primary N) is 1. The van der Waals surface area contributed by atoms with Crippen LogP contribution in [0.1, 0.15) is 47.2 Å². The number of rotatable bonds is 4. The van der Waals surface area contributed by atoms with Crippen LogP contribution in [0, 0.1) is 5.92 Å². The summed E-state index contributed by atoms with van der Waals surface area (Å²) in [7, 11) is 0. The molecule has 11 heteroatoms. The molecule has 0 unspecified atom stereocenters. The third-order valence-corrected chi connectivity index (χ3v) is 4.43. The Morgan fingerprint density at radius 2 is 1.57 bits per heavy atom. The number of benzene rings is 1. The first-order valence-electron chi connectivity index (χ1n) is 8.20. The quantitative estimate of drug-likeness (QED) is 0.748. The average Bonchev–Trinajstić information content (AvgIpc) is 2.57. The van der Waals surface area contributed by atoms with E-state index in [1.165, 1.54) is 0 Å². The van der Waals surface area contributed by atoms with Crippen LogP contribution in [0.4, 0.5) is 26.3 Å². The van der Waals surface area contributed by atoms with E-state index >= 15 is 0 Å². The Morgan fingerprint density at radius 3 is 2.00 bits per heavy atom. The second-order valence-electron chi connectivity index (χ2n) is 6.54. The second kappa shape index (κ2) is 7.80. The lowest BCUT2D eigenvalue weighted by atomic mass is 9.82. The van der Waals surface area contributed by atoms with E-state index in [1.54, 1.807) is 0 Å². The van der Waals surface area contributed by atoms with Crippen molar-refractivity contribution in [2.75, 3.05) is 0 Å². The molecule has 1 aliphatic carbocycles. The Morgan fingerprint density at radius 1 is 1.04 bits per heavy atom. The number of halogens is 6. The number of ketones is 1. The molecule has 2 atom stereocenters. The van der Waals surface area contributed by atoms with Gasteiger partial charge in [-0.05, 0) is 37.0 Å². The van der Waals surface area contributed by atoms with E-state index in [2.05, 4.69) is 5.32 Å². The van der Waals surface area contributed by atoms with Gasteiger partial charge in [-0.3, -0.25) is 14.4 Å². The summed E-state index contributed by atoms with van der Waals surface area (Å²) in [6, 6.07) is -0.980. The van der Waals surface area contributed by atoms with E-state index in [1.807, 2.05) is 0 Å². The van der Waals surface area contributed by atoms with Crippen LogP contribution in [0.2, 0.25) is 0 Å². The van der Waals surface area contributed by atoms with Gasteiger partial charge in [0, 0.05) is 18.4 Å². The van der Waals surface area contributed by atoms with E-state index in [0.717, 1.165) is 0 Å². The second-order valence-corrected chi connectivity index (χ2v) is 6.54. The molecule has 3 N–H and O–H groups in total. The number of alkyl halides is 6. The molecule has 154 valence electrons. The van der Waals surface area contributed by atoms with E-state index in [-0.39, 0.29) is 30.4 Å². The summed E-state index contributed by atoms with van der Waals surface area (Å²) in [4.78, 5) is 35.5.